The third-order valence-corrected chi connectivity index (χ3v) is 4.20. The lowest BCUT2D eigenvalue weighted by atomic mass is 9.96. The average molecular weight is 281 g/mol. The van der Waals surface area contributed by atoms with E-state index in [0.717, 1.165) is 4.88 Å². The van der Waals surface area contributed by atoms with E-state index in [1.54, 1.807) is 11.3 Å². The van der Waals surface area contributed by atoms with Gasteiger partial charge in [0.1, 0.15) is 0 Å². The summed E-state index contributed by atoms with van der Waals surface area (Å²) in [6.07, 6.45) is 8.21. The zero-order valence-corrected chi connectivity index (χ0v) is 12.2. The van der Waals surface area contributed by atoms with E-state index in [0.29, 0.717) is 11.2 Å². The van der Waals surface area contributed by atoms with Crippen LogP contribution < -0.4 is 10.7 Å². The molecule has 0 atom stereocenters. The van der Waals surface area contributed by atoms with E-state index in [-0.39, 0.29) is 0 Å². The Bertz CT molecular complexity index is 420. The molecular weight excluding hydrogens is 262 g/mol. The molecule has 1 aliphatic rings. The highest BCUT2D eigenvalue weighted by molar-refractivity contribution is 7.80. The van der Waals surface area contributed by atoms with Gasteiger partial charge in [0.2, 0.25) is 0 Å². The predicted molar refractivity (Wildman–Crippen MR) is 82.4 cm³/mol. The molecule has 0 spiro atoms. The average Bonchev–Trinajstić information content (AvgIpc) is 2.76. The first-order valence-corrected chi connectivity index (χ1v) is 7.62. The third-order valence-electron chi connectivity index (χ3n) is 3.06. The van der Waals surface area contributed by atoms with Crippen molar-refractivity contribution in [3.8, 4) is 0 Å². The molecule has 1 aliphatic carbocycles. The van der Waals surface area contributed by atoms with Gasteiger partial charge in [-0.05, 0) is 44.1 Å². The van der Waals surface area contributed by atoms with E-state index in [4.69, 9.17) is 12.2 Å². The molecule has 1 aromatic rings. The molecule has 1 aromatic heterocycles. The summed E-state index contributed by atoms with van der Waals surface area (Å²) in [4.78, 5) is 2.43. The fourth-order valence-electron chi connectivity index (χ4n) is 2.14. The van der Waals surface area contributed by atoms with Gasteiger partial charge in [0.15, 0.2) is 5.11 Å². The first-order valence-electron chi connectivity index (χ1n) is 6.40. The minimum absolute atomic E-state index is 0.526. The number of hydrogen-bond donors (Lipinski definition) is 2. The van der Waals surface area contributed by atoms with Crippen LogP contribution >= 0.6 is 23.6 Å². The summed E-state index contributed by atoms with van der Waals surface area (Å²) in [5.74, 6) is 0. The molecule has 1 saturated carbocycles. The van der Waals surface area contributed by atoms with E-state index in [1.807, 2.05) is 6.21 Å². The van der Waals surface area contributed by atoms with E-state index in [2.05, 4.69) is 34.9 Å². The molecule has 3 nitrogen and oxygen atoms in total. The lowest BCUT2D eigenvalue weighted by Gasteiger charge is -2.23. The summed E-state index contributed by atoms with van der Waals surface area (Å²) < 4.78 is 0. The number of thiocarbonyl (C=S) groups is 1. The Morgan fingerprint density at radius 3 is 2.83 bits per heavy atom. The molecular formula is C13H19N3S2. The number of hydrazone groups is 1. The maximum absolute atomic E-state index is 5.22. The fourth-order valence-corrected chi connectivity index (χ4v) is 3.11. The quantitative estimate of drug-likeness (QED) is 0.507. The zero-order chi connectivity index (χ0) is 12.8. The number of aryl methyl sites for hydroxylation is 1. The van der Waals surface area contributed by atoms with E-state index < -0.39 is 0 Å². The van der Waals surface area contributed by atoms with Gasteiger partial charge >= 0.3 is 0 Å². The van der Waals surface area contributed by atoms with Crippen molar-refractivity contribution >= 4 is 34.9 Å². The summed E-state index contributed by atoms with van der Waals surface area (Å²) in [5, 5.41) is 8.10. The molecule has 0 aromatic carbocycles. The van der Waals surface area contributed by atoms with E-state index >= 15 is 0 Å². The standard InChI is InChI=1S/C13H19N3S2/c1-10-7-8-12(18-10)9-14-16-13(17)15-11-5-3-2-4-6-11/h7-9,11H,2-6H2,1H3,(H2,15,16,17). The SMILES string of the molecule is Cc1ccc(C=NNC(=S)NC2CCCCC2)s1. The molecule has 0 bridgehead atoms. The molecule has 1 heterocycles. The van der Waals surface area contributed by atoms with Crippen LogP contribution in [0.1, 0.15) is 41.9 Å². The summed E-state index contributed by atoms with van der Waals surface area (Å²) in [5.41, 5.74) is 2.88. The Balaban J connectivity index is 1.72. The predicted octanol–water partition coefficient (Wildman–Crippen LogP) is 3.19. The van der Waals surface area contributed by atoms with Crippen molar-refractivity contribution in [1.82, 2.24) is 10.7 Å². The first kappa shape index (κ1) is 13.5. The molecule has 2 N–H and O–H groups in total. The van der Waals surface area contributed by atoms with Crippen LogP contribution in [0.2, 0.25) is 0 Å². The van der Waals surface area contributed by atoms with Crippen molar-refractivity contribution < 1.29 is 0 Å². The van der Waals surface area contributed by atoms with Crippen LogP contribution in [0.25, 0.3) is 0 Å². The van der Waals surface area contributed by atoms with Gasteiger partial charge in [0.25, 0.3) is 0 Å². The number of nitrogens with one attached hydrogen (secondary N) is 2. The van der Waals surface area contributed by atoms with Gasteiger partial charge in [0.05, 0.1) is 6.21 Å². The topological polar surface area (TPSA) is 36.4 Å². The fraction of sp³-hybridized carbons (Fsp3) is 0.538. The summed E-state index contributed by atoms with van der Waals surface area (Å²) in [7, 11) is 0. The van der Waals surface area contributed by atoms with Crippen molar-refractivity contribution in [3.63, 3.8) is 0 Å². The van der Waals surface area contributed by atoms with Crippen molar-refractivity contribution in [2.75, 3.05) is 0 Å². The van der Waals surface area contributed by atoms with Crippen LogP contribution in [0.15, 0.2) is 17.2 Å². The van der Waals surface area contributed by atoms with Gasteiger partial charge in [-0.3, -0.25) is 5.43 Å². The van der Waals surface area contributed by atoms with Gasteiger partial charge in [-0.25, -0.2) is 0 Å². The van der Waals surface area contributed by atoms with Crippen LogP contribution in [0.5, 0.6) is 0 Å². The third kappa shape index (κ3) is 4.38. The van der Waals surface area contributed by atoms with Gasteiger partial charge in [-0.2, -0.15) is 5.10 Å². The van der Waals surface area contributed by atoms with E-state index in [9.17, 15) is 0 Å². The van der Waals surface area contributed by atoms with Crippen molar-refractivity contribution in [2.24, 2.45) is 5.10 Å². The number of hydrogen-bond acceptors (Lipinski definition) is 3. The molecule has 5 heteroatoms. The molecule has 0 amide bonds. The first-order chi connectivity index (χ1) is 8.74. The number of nitrogens with zero attached hydrogens (tertiary/aromatic N) is 1. The smallest absolute Gasteiger partial charge is 0.187 e. The van der Waals surface area contributed by atoms with E-state index in [1.165, 1.54) is 37.0 Å². The van der Waals surface area contributed by atoms with Crippen LogP contribution in [-0.2, 0) is 0 Å². The molecule has 1 fully saturated rings. The van der Waals surface area contributed by atoms with Crippen molar-refractivity contribution in [3.05, 3.63) is 21.9 Å². The van der Waals surface area contributed by atoms with Crippen LogP contribution in [0, 0.1) is 6.92 Å². The van der Waals surface area contributed by atoms with Crippen LogP contribution in [-0.4, -0.2) is 17.4 Å². The second-order valence-corrected chi connectivity index (χ2v) is 6.35. The normalized spacial score (nSPS) is 16.9. The van der Waals surface area contributed by atoms with Gasteiger partial charge < -0.3 is 5.32 Å². The maximum Gasteiger partial charge on any atom is 0.187 e. The Hall–Kier alpha value is -0.940. The highest BCUT2D eigenvalue weighted by atomic mass is 32.1. The van der Waals surface area contributed by atoms with Crippen molar-refractivity contribution in [1.29, 1.82) is 0 Å². The summed E-state index contributed by atoms with van der Waals surface area (Å²) in [6, 6.07) is 4.67. The minimum atomic E-state index is 0.526. The lowest BCUT2D eigenvalue weighted by molar-refractivity contribution is 0.412. The monoisotopic (exact) mass is 281 g/mol. The Kier molecular flexibility index (Phi) is 5.13. The largest absolute Gasteiger partial charge is 0.359 e. The molecule has 18 heavy (non-hydrogen) atoms. The highest BCUT2D eigenvalue weighted by Crippen LogP contribution is 2.17. The van der Waals surface area contributed by atoms with Crippen LogP contribution in [0.3, 0.4) is 0 Å². The second kappa shape index (κ2) is 6.85. The highest BCUT2D eigenvalue weighted by Gasteiger charge is 2.13. The molecule has 0 unspecified atom stereocenters. The number of thiophene rings is 1. The Morgan fingerprint density at radius 1 is 1.39 bits per heavy atom. The maximum atomic E-state index is 5.22. The molecule has 0 saturated heterocycles. The molecule has 2 rings (SSSR count). The molecule has 0 aliphatic heterocycles. The van der Waals surface area contributed by atoms with Crippen LogP contribution in [0.4, 0.5) is 0 Å². The molecule has 98 valence electrons. The Labute approximate surface area is 118 Å². The zero-order valence-electron chi connectivity index (χ0n) is 10.6. The van der Waals surface area contributed by atoms with Gasteiger partial charge in [-0.15, -0.1) is 11.3 Å². The lowest BCUT2D eigenvalue weighted by Crippen LogP contribution is -2.40. The van der Waals surface area contributed by atoms with Gasteiger partial charge in [0, 0.05) is 15.8 Å². The minimum Gasteiger partial charge on any atom is -0.359 e. The summed E-state index contributed by atoms with van der Waals surface area (Å²) in [6.45, 7) is 2.09. The molecule has 0 radical (unpaired) electrons. The number of rotatable bonds is 3. The van der Waals surface area contributed by atoms with Crippen molar-refractivity contribution in [2.45, 2.75) is 45.1 Å². The summed E-state index contributed by atoms with van der Waals surface area (Å²) >= 11 is 6.94. The van der Waals surface area contributed by atoms with Gasteiger partial charge in [-0.1, -0.05) is 19.3 Å². The second-order valence-electron chi connectivity index (χ2n) is 4.63. The Morgan fingerprint density at radius 2 is 2.17 bits per heavy atom.